The average molecular weight is 829 g/mol. The third-order valence-electron chi connectivity index (χ3n) is 13.2. The molecule has 2 aliphatic carbocycles. The van der Waals surface area contributed by atoms with Crippen LogP contribution in [0.4, 0.5) is 0 Å². The summed E-state index contributed by atoms with van der Waals surface area (Å²) in [5, 5.41) is 10.9. The third kappa shape index (κ3) is 5.27. The van der Waals surface area contributed by atoms with E-state index in [-0.39, 0.29) is 24.8 Å². The smallest absolute Gasteiger partial charge is 1.00 e. The van der Waals surface area contributed by atoms with Crippen molar-refractivity contribution < 1.29 is 45.1 Å². The molecule has 3 heteroatoms. The number of allylic oxidation sites excluding steroid dienone is 2. The summed E-state index contributed by atoms with van der Waals surface area (Å²) in [6, 6.07) is 60.5. The topological polar surface area (TPSA) is 0 Å². The molecule has 0 radical (unpaired) electrons. The van der Waals surface area contributed by atoms with Crippen LogP contribution >= 0.6 is 0 Å². The molecule has 0 spiro atoms. The van der Waals surface area contributed by atoms with Crippen LogP contribution < -0.4 is 24.8 Å². The van der Waals surface area contributed by atoms with E-state index >= 15 is 0 Å². The summed E-state index contributed by atoms with van der Waals surface area (Å²) in [5.74, 6) is 0. The fourth-order valence-electron chi connectivity index (χ4n) is 11.1. The fraction of sp³-hybridized carbons (Fsp3) is 0.154. The van der Waals surface area contributed by atoms with E-state index in [4.69, 9.17) is 0 Å². The SMILES string of the molecule is CCC1=C(c2cccc3ccc4ccccc4c23)c2ccccc2[CH]1[Zr+2]1([CH]2C(CC)=C(c3cccc4ccc5ccccc5c34)c3ccccc32)[CH2][CH2]1.[Cl-].[Cl-]. The molecule has 3 aliphatic rings. The van der Waals surface area contributed by atoms with Crippen LogP contribution in [0.5, 0.6) is 0 Å². The molecule has 2 unspecified atom stereocenters. The van der Waals surface area contributed by atoms with Crippen molar-refractivity contribution in [3.8, 4) is 0 Å². The van der Waals surface area contributed by atoms with Gasteiger partial charge in [0.25, 0.3) is 0 Å². The molecule has 55 heavy (non-hydrogen) atoms. The molecule has 1 aliphatic heterocycles. The van der Waals surface area contributed by atoms with Gasteiger partial charge in [0.15, 0.2) is 0 Å². The maximum absolute atomic E-state index is 3.04. The van der Waals surface area contributed by atoms with E-state index < -0.39 is 20.3 Å². The Hall–Kier alpha value is -4.26. The van der Waals surface area contributed by atoms with Crippen molar-refractivity contribution >= 4 is 54.2 Å². The van der Waals surface area contributed by atoms with E-state index in [0.717, 1.165) is 12.8 Å². The van der Waals surface area contributed by atoms with Gasteiger partial charge in [0.2, 0.25) is 0 Å². The first-order valence-corrected chi connectivity index (χ1v) is 26.0. The summed E-state index contributed by atoms with van der Waals surface area (Å²) >= 11 is -3.04. The van der Waals surface area contributed by atoms with Crippen molar-refractivity contribution in [1.82, 2.24) is 0 Å². The minimum Gasteiger partial charge on any atom is -1.00 e. The Labute approximate surface area is 341 Å². The Bertz CT molecular complexity index is 2700. The summed E-state index contributed by atoms with van der Waals surface area (Å²) in [6.07, 6.45) is 2.19. The van der Waals surface area contributed by atoms with Crippen molar-refractivity contribution in [2.75, 3.05) is 0 Å². The first-order valence-electron chi connectivity index (χ1n) is 19.7. The monoisotopic (exact) mass is 826 g/mol. The first-order chi connectivity index (χ1) is 26.2. The molecule has 0 amide bonds. The number of halogens is 2. The maximum Gasteiger partial charge on any atom is -1.00 e. The molecule has 0 aromatic heterocycles. The molecular formula is C52H42Cl2Zr. The second kappa shape index (κ2) is 14.0. The first kappa shape index (κ1) is 36.4. The van der Waals surface area contributed by atoms with Crippen LogP contribution in [0, 0.1) is 0 Å². The van der Waals surface area contributed by atoms with E-state index in [0.29, 0.717) is 7.25 Å². The predicted octanol–water partition coefficient (Wildman–Crippen LogP) is 8.54. The molecule has 0 nitrogen and oxygen atoms in total. The Morgan fingerprint density at radius 1 is 0.400 bits per heavy atom. The third-order valence-corrected chi connectivity index (χ3v) is 26.2. The van der Waals surface area contributed by atoms with Crippen molar-refractivity contribution in [3.05, 3.63) is 202 Å². The van der Waals surface area contributed by atoms with Crippen molar-refractivity contribution in [1.29, 1.82) is 0 Å². The number of rotatable bonds is 6. The number of fused-ring (bicyclic) bond motifs is 8. The van der Waals surface area contributed by atoms with Gasteiger partial charge >= 0.3 is 319 Å². The van der Waals surface area contributed by atoms with Crippen LogP contribution in [0.15, 0.2) is 169 Å². The molecule has 268 valence electrons. The molecule has 1 saturated heterocycles. The number of hydrogen-bond acceptors (Lipinski definition) is 0. The van der Waals surface area contributed by atoms with Crippen LogP contribution in [0.1, 0.15) is 67.3 Å². The quantitative estimate of drug-likeness (QED) is 0.148. The second-order valence-corrected chi connectivity index (χ2v) is 27.0. The molecule has 1 heterocycles. The molecule has 2 atom stereocenters. The zero-order valence-electron chi connectivity index (χ0n) is 31.3. The summed E-state index contributed by atoms with van der Waals surface area (Å²) in [4.78, 5) is 0. The van der Waals surface area contributed by atoms with Crippen LogP contribution in [0.3, 0.4) is 0 Å². The van der Waals surface area contributed by atoms with Crippen molar-refractivity contribution in [2.45, 2.75) is 42.2 Å². The van der Waals surface area contributed by atoms with Crippen LogP contribution in [0.2, 0.25) is 8.26 Å². The van der Waals surface area contributed by atoms with Crippen LogP contribution in [-0.4, -0.2) is 0 Å². The van der Waals surface area contributed by atoms with E-state index in [1.165, 1.54) is 84.7 Å². The number of hydrogen-bond donors (Lipinski definition) is 0. The van der Waals surface area contributed by atoms with Gasteiger partial charge in [-0.05, 0) is 0 Å². The van der Waals surface area contributed by atoms with E-state index in [1.54, 1.807) is 22.3 Å². The Balaban J connectivity index is 0.00000198. The second-order valence-electron chi connectivity index (χ2n) is 15.7. The molecule has 11 rings (SSSR count). The standard InChI is InChI=1S/2C25H19.C2H4.2ClH.Zr/c2*1-2-17-16-20-9-4-6-12-22(20)24(17)23-13-7-10-19-15-14-18-8-3-5-11-21(18)25(19)23;1-2;;;/h2*3-16H,2H2,1H3;1-2H2;2*1H;/q;;;;;+2/p-2. The van der Waals surface area contributed by atoms with Gasteiger partial charge in [-0.1, -0.05) is 0 Å². The van der Waals surface area contributed by atoms with Gasteiger partial charge in [-0.25, -0.2) is 0 Å². The Morgan fingerprint density at radius 2 is 0.764 bits per heavy atom. The van der Waals surface area contributed by atoms with Gasteiger partial charge in [-0.15, -0.1) is 0 Å². The van der Waals surface area contributed by atoms with Crippen LogP contribution in [-0.2, 0) is 20.3 Å². The molecule has 0 N–H and O–H groups in total. The maximum atomic E-state index is 2.52. The van der Waals surface area contributed by atoms with Gasteiger partial charge < -0.3 is 24.8 Å². The van der Waals surface area contributed by atoms with Crippen molar-refractivity contribution in [2.24, 2.45) is 0 Å². The van der Waals surface area contributed by atoms with Gasteiger partial charge in [-0.2, -0.15) is 0 Å². The molecule has 8 aromatic rings. The summed E-state index contributed by atoms with van der Waals surface area (Å²) in [6.45, 7) is 4.90. The molecule has 1 fully saturated rings. The van der Waals surface area contributed by atoms with Gasteiger partial charge in [-0.3, -0.25) is 0 Å². The summed E-state index contributed by atoms with van der Waals surface area (Å²) < 4.78 is 4.07. The van der Waals surface area contributed by atoms with E-state index in [2.05, 4.69) is 172 Å². The van der Waals surface area contributed by atoms with Gasteiger partial charge in [0, 0.05) is 0 Å². The van der Waals surface area contributed by atoms with E-state index in [9.17, 15) is 0 Å². The van der Waals surface area contributed by atoms with Crippen LogP contribution in [0.25, 0.3) is 54.2 Å². The molecular weight excluding hydrogens is 787 g/mol. The van der Waals surface area contributed by atoms with E-state index in [1.807, 2.05) is 0 Å². The Morgan fingerprint density at radius 3 is 1.20 bits per heavy atom. The molecule has 8 aromatic carbocycles. The summed E-state index contributed by atoms with van der Waals surface area (Å²) in [7, 11) is 0. The van der Waals surface area contributed by atoms with Gasteiger partial charge in [0.05, 0.1) is 0 Å². The van der Waals surface area contributed by atoms with Crippen molar-refractivity contribution in [3.63, 3.8) is 0 Å². The number of benzene rings is 8. The average Bonchev–Trinajstić information content (AvgIpc) is 3.83. The minimum atomic E-state index is -3.04. The molecule has 0 bridgehead atoms. The minimum absolute atomic E-state index is 0. The largest absolute Gasteiger partial charge is 1.00 e. The van der Waals surface area contributed by atoms with Gasteiger partial charge in [0.1, 0.15) is 0 Å². The molecule has 0 saturated carbocycles. The normalized spacial score (nSPS) is 17.5. The predicted molar refractivity (Wildman–Crippen MR) is 224 cm³/mol. The zero-order valence-corrected chi connectivity index (χ0v) is 35.2. The zero-order chi connectivity index (χ0) is 35.3. The fourth-order valence-corrected chi connectivity index (χ4v) is 29.1. The Kier molecular flexibility index (Phi) is 9.29. The summed E-state index contributed by atoms with van der Waals surface area (Å²) in [5.41, 5.74) is 15.6.